The number of thioether (sulfide) groups is 1. The zero-order valence-corrected chi connectivity index (χ0v) is 31.7. The van der Waals surface area contributed by atoms with Gasteiger partial charge in [0, 0.05) is 47.5 Å². The van der Waals surface area contributed by atoms with Crippen molar-refractivity contribution in [3.8, 4) is 5.75 Å². The van der Waals surface area contributed by atoms with Gasteiger partial charge in [0.05, 0.1) is 19.1 Å². The van der Waals surface area contributed by atoms with E-state index < -0.39 is 16.6 Å². The Labute approximate surface area is 320 Å². The molecule has 0 saturated carbocycles. The van der Waals surface area contributed by atoms with Crippen LogP contribution in [0.25, 0.3) is 0 Å². The number of hydrogen-bond donors (Lipinski definition) is 0. The van der Waals surface area contributed by atoms with E-state index in [-0.39, 0.29) is 29.9 Å². The van der Waals surface area contributed by atoms with Gasteiger partial charge < -0.3 is 14.4 Å². The molecular weight excluding hydrogens is 703 g/mol. The molecule has 1 fully saturated rings. The third-order valence-corrected chi connectivity index (χ3v) is 11.2. The summed E-state index contributed by atoms with van der Waals surface area (Å²) in [6, 6.07) is 34.6. The molecular formula is C42H45N5O6S. The van der Waals surface area contributed by atoms with Crippen molar-refractivity contribution in [2.75, 3.05) is 38.8 Å². The summed E-state index contributed by atoms with van der Waals surface area (Å²) in [7, 11) is 2.88. The van der Waals surface area contributed by atoms with Crippen LogP contribution < -0.4 is 9.64 Å². The van der Waals surface area contributed by atoms with Crippen LogP contribution in [0.3, 0.4) is 0 Å². The number of amidine groups is 1. The third-order valence-electron chi connectivity index (χ3n) is 10.3. The molecule has 0 spiro atoms. The predicted octanol–water partition coefficient (Wildman–Crippen LogP) is 7.82. The van der Waals surface area contributed by atoms with Gasteiger partial charge in [0.2, 0.25) is 11.6 Å². The van der Waals surface area contributed by atoms with E-state index in [0.29, 0.717) is 35.3 Å². The van der Waals surface area contributed by atoms with Gasteiger partial charge in [0.15, 0.2) is 5.17 Å². The van der Waals surface area contributed by atoms with E-state index in [9.17, 15) is 19.7 Å². The molecule has 54 heavy (non-hydrogen) atoms. The maximum absolute atomic E-state index is 14.5. The van der Waals surface area contributed by atoms with E-state index in [4.69, 9.17) is 14.5 Å². The maximum atomic E-state index is 14.5. The van der Waals surface area contributed by atoms with E-state index >= 15 is 0 Å². The molecule has 0 aliphatic carbocycles. The van der Waals surface area contributed by atoms with Crippen molar-refractivity contribution >= 4 is 45.9 Å². The number of anilines is 1. The monoisotopic (exact) mass is 747 g/mol. The molecule has 0 radical (unpaired) electrons. The third kappa shape index (κ3) is 8.40. The van der Waals surface area contributed by atoms with Crippen LogP contribution in [0.4, 0.5) is 11.4 Å². The topological polar surface area (TPSA) is 127 Å². The fourth-order valence-electron chi connectivity index (χ4n) is 7.49. The summed E-state index contributed by atoms with van der Waals surface area (Å²) in [4.78, 5) is 52.7. The number of rotatable bonds is 13. The second-order valence-corrected chi connectivity index (χ2v) is 14.6. The Balaban J connectivity index is 1.22. The molecule has 4 aromatic rings. The van der Waals surface area contributed by atoms with E-state index in [1.54, 1.807) is 14.0 Å². The van der Waals surface area contributed by atoms with Crippen molar-refractivity contribution in [2.24, 2.45) is 9.98 Å². The van der Waals surface area contributed by atoms with Gasteiger partial charge in [-0.1, -0.05) is 84.6 Å². The van der Waals surface area contributed by atoms with Crippen molar-refractivity contribution in [1.29, 1.82) is 0 Å². The van der Waals surface area contributed by atoms with Crippen LogP contribution in [-0.4, -0.2) is 72.1 Å². The Hall–Kier alpha value is -5.33. The molecule has 12 heteroatoms. The molecule has 0 bridgehead atoms. The zero-order valence-electron chi connectivity index (χ0n) is 30.9. The Morgan fingerprint density at radius 2 is 1.50 bits per heavy atom. The van der Waals surface area contributed by atoms with Gasteiger partial charge in [-0.15, -0.1) is 0 Å². The van der Waals surface area contributed by atoms with Gasteiger partial charge in [0.1, 0.15) is 5.75 Å². The fourth-order valence-corrected chi connectivity index (χ4v) is 8.41. The first-order valence-electron chi connectivity index (χ1n) is 18.1. The first-order chi connectivity index (χ1) is 26.2. The highest BCUT2D eigenvalue weighted by molar-refractivity contribution is 8.13. The molecule has 6 rings (SSSR count). The van der Waals surface area contributed by atoms with Crippen LogP contribution in [0.15, 0.2) is 119 Å². The SMILES string of the molecule is COC(=O)C1(N(C(=O)CCCN2CCC(c3ccccc3)(c3ccccc3)CC2)c2ccc([N+](=O)[O-])cc2)CC(C)=NC(SCc2ccc(OC)cc2)=N1. The highest BCUT2D eigenvalue weighted by Crippen LogP contribution is 2.42. The summed E-state index contributed by atoms with van der Waals surface area (Å²) in [6.45, 7) is 4.22. The second-order valence-electron chi connectivity index (χ2n) is 13.6. The van der Waals surface area contributed by atoms with Gasteiger partial charge in [-0.25, -0.2) is 14.8 Å². The Morgan fingerprint density at radius 3 is 2.06 bits per heavy atom. The van der Waals surface area contributed by atoms with E-state index in [1.165, 1.54) is 59.2 Å². The summed E-state index contributed by atoms with van der Waals surface area (Å²) in [5.41, 5.74) is 2.51. The summed E-state index contributed by atoms with van der Waals surface area (Å²) in [5, 5.41) is 11.9. The number of nitro benzene ring substituents is 1. The van der Waals surface area contributed by atoms with Gasteiger partial charge in [-0.3, -0.25) is 19.8 Å². The summed E-state index contributed by atoms with van der Waals surface area (Å²) >= 11 is 1.34. The van der Waals surface area contributed by atoms with Crippen LogP contribution in [0.5, 0.6) is 5.75 Å². The molecule has 2 heterocycles. The van der Waals surface area contributed by atoms with Crippen LogP contribution in [0, 0.1) is 10.1 Å². The molecule has 2 aliphatic heterocycles. The quantitative estimate of drug-likeness (QED) is 0.0770. The number of amides is 1. The van der Waals surface area contributed by atoms with Crippen LogP contribution in [-0.2, 0) is 25.5 Å². The molecule has 0 aromatic heterocycles. The minimum atomic E-state index is -1.80. The lowest BCUT2D eigenvalue weighted by molar-refractivity contribution is -0.384. The lowest BCUT2D eigenvalue weighted by Gasteiger charge is -2.43. The average Bonchev–Trinajstić information content (AvgIpc) is 3.21. The average molecular weight is 748 g/mol. The summed E-state index contributed by atoms with van der Waals surface area (Å²) < 4.78 is 10.6. The normalized spacial score (nSPS) is 18.2. The number of benzene rings is 4. The van der Waals surface area contributed by atoms with Gasteiger partial charge in [-0.2, -0.15) is 0 Å². The lowest BCUT2D eigenvalue weighted by Crippen LogP contribution is -2.59. The molecule has 1 atom stereocenters. The van der Waals surface area contributed by atoms with Crippen LogP contribution >= 0.6 is 11.8 Å². The van der Waals surface area contributed by atoms with E-state index in [1.807, 2.05) is 36.4 Å². The number of aliphatic imine (C=N–C) groups is 2. The first-order valence-corrected chi connectivity index (χ1v) is 19.0. The van der Waals surface area contributed by atoms with Crippen molar-refractivity contribution in [3.05, 3.63) is 136 Å². The molecule has 1 amide bonds. The number of nitro groups is 1. The largest absolute Gasteiger partial charge is 0.497 e. The number of carbonyl (C=O) groups is 2. The standard InChI is InChI=1S/C42H45N5O6S/c1-31-29-42(39(49)53-3,44-40(43-31)54-30-32-16-22-37(52-2)23-17-32)46(35-18-20-36(21-19-35)47(50)51)38(48)15-10-26-45-27-24-41(25-28-45,33-11-6-4-7-12-33)34-13-8-5-9-14-34/h4-9,11-14,16-23H,10,15,24-30H2,1-3H3. The van der Waals surface area contributed by atoms with Crippen molar-refractivity contribution < 1.29 is 24.0 Å². The number of likely N-dealkylation sites (tertiary alicyclic amines) is 1. The number of non-ortho nitro benzene ring substituents is 1. The Morgan fingerprint density at radius 1 is 0.889 bits per heavy atom. The molecule has 2 aliphatic rings. The maximum Gasteiger partial charge on any atom is 0.355 e. The minimum Gasteiger partial charge on any atom is -0.497 e. The minimum absolute atomic E-state index is 0.00216. The molecule has 0 N–H and O–H groups in total. The number of ether oxygens (including phenoxy) is 2. The molecule has 280 valence electrons. The highest BCUT2D eigenvalue weighted by atomic mass is 32.2. The first kappa shape index (κ1) is 38.4. The number of piperidine rings is 1. The number of methoxy groups -OCH3 is 2. The van der Waals surface area contributed by atoms with E-state index in [0.717, 1.165) is 37.2 Å². The van der Waals surface area contributed by atoms with Crippen molar-refractivity contribution in [2.45, 2.75) is 55.9 Å². The molecule has 1 unspecified atom stereocenters. The lowest BCUT2D eigenvalue weighted by atomic mass is 9.68. The zero-order chi connectivity index (χ0) is 38.1. The summed E-state index contributed by atoms with van der Waals surface area (Å²) in [6.07, 6.45) is 2.55. The smallest absolute Gasteiger partial charge is 0.355 e. The second kappa shape index (κ2) is 17.2. The highest BCUT2D eigenvalue weighted by Gasteiger charge is 2.51. The summed E-state index contributed by atoms with van der Waals surface area (Å²) in [5.74, 6) is 0.184. The Bertz CT molecular complexity index is 1940. The number of esters is 1. The molecule has 4 aromatic carbocycles. The van der Waals surface area contributed by atoms with Gasteiger partial charge in [0.25, 0.3) is 5.69 Å². The van der Waals surface area contributed by atoms with Gasteiger partial charge in [-0.05, 0) is 86.8 Å². The van der Waals surface area contributed by atoms with Crippen LogP contribution in [0.1, 0.15) is 55.7 Å². The van der Waals surface area contributed by atoms with E-state index in [2.05, 4.69) is 58.4 Å². The molecule has 1 saturated heterocycles. The van der Waals surface area contributed by atoms with Crippen LogP contribution in [0.2, 0.25) is 0 Å². The number of carbonyl (C=O) groups excluding carboxylic acids is 2. The number of hydrogen-bond acceptors (Lipinski definition) is 10. The molecule has 11 nitrogen and oxygen atoms in total. The van der Waals surface area contributed by atoms with Crippen molar-refractivity contribution in [1.82, 2.24) is 4.90 Å². The predicted molar refractivity (Wildman–Crippen MR) is 213 cm³/mol. The number of nitrogens with zero attached hydrogens (tertiary/aromatic N) is 5. The van der Waals surface area contributed by atoms with Crippen molar-refractivity contribution in [3.63, 3.8) is 0 Å². The fraction of sp³-hybridized carbons (Fsp3) is 0.333. The Kier molecular flexibility index (Phi) is 12.2. The van der Waals surface area contributed by atoms with Gasteiger partial charge >= 0.3 is 5.97 Å².